The van der Waals surface area contributed by atoms with Gasteiger partial charge < -0.3 is 20.3 Å². The number of carbonyl (C=O) groups is 2. The lowest BCUT2D eigenvalue weighted by atomic mass is 10.1. The van der Waals surface area contributed by atoms with Crippen LogP contribution in [0.3, 0.4) is 0 Å². The van der Waals surface area contributed by atoms with Crippen LogP contribution in [-0.2, 0) is 9.59 Å². The van der Waals surface area contributed by atoms with Crippen LogP contribution in [0.1, 0.15) is 20.8 Å². The van der Waals surface area contributed by atoms with Crippen molar-refractivity contribution in [3.8, 4) is 5.75 Å². The van der Waals surface area contributed by atoms with E-state index < -0.39 is 0 Å². The summed E-state index contributed by atoms with van der Waals surface area (Å²) >= 11 is 0. The van der Waals surface area contributed by atoms with Crippen molar-refractivity contribution in [3.05, 3.63) is 24.3 Å². The Kier molecular flexibility index (Phi) is 6.37. The van der Waals surface area contributed by atoms with E-state index in [1.807, 2.05) is 40.0 Å². The number of carbonyl (C=O) groups excluding carboxylic acids is 2. The molecule has 3 N–H and O–H groups in total. The number of methoxy groups -OCH3 is 1. The average Bonchev–Trinajstić information content (AvgIpc) is 2.36. The number of amides is 2. The molecule has 122 valence electrons. The topological polar surface area (TPSA) is 71.9 Å². The predicted octanol–water partition coefficient (Wildman–Crippen LogP) is 0.0631. The van der Waals surface area contributed by atoms with E-state index in [0.717, 1.165) is 4.90 Å². The van der Waals surface area contributed by atoms with Crippen LogP contribution in [0.15, 0.2) is 24.3 Å². The van der Waals surface area contributed by atoms with Crippen molar-refractivity contribution in [3.63, 3.8) is 0 Å². The third kappa shape index (κ3) is 6.58. The van der Waals surface area contributed by atoms with Crippen LogP contribution in [0.5, 0.6) is 5.75 Å². The van der Waals surface area contributed by atoms with Gasteiger partial charge in [0.15, 0.2) is 13.1 Å². The van der Waals surface area contributed by atoms with Gasteiger partial charge in [0.2, 0.25) is 0 Å². The van der Waals surface area contributed by atoms with Crippen molar-refractivity contribution >= 4 is 17.5 Å². The van der Waals surface area contributed by atoms with Crippen molar-refractivity contribution in [1.82, 2.24) is 5.32 Å². The maximum atomic E-state index is 12.0. The summed E-state index contributed by atoms with van der Waals surface area (Å²) in [5.74, 6) is 0.375. The molecule has 0 aromatic heterocycles. The number of hydrogen-bond donors (Lipinski definition) is 3. The van der Waals surface area contributed by atoms with Crippen LogP contribution in [0.25, 0.3) is 0 Å². The number of para-hydroxylation sites is 2. The third-order valence-corrected chi connectivity index (χ3v) is 2.82. The number of rotatable bonds is 6. The lowest BCUT2D eigenvalue weighted by molar-refractivity contribution is -0.862. The second kappa shape index (κ2) is 7.79. The van der Waals surface area contributed by atoms with E-state index in [0.29, 0.717) is 11.4 Å². The van der Waals surface area contributed by atoms with Gasteiger partial charge >= 0.3 is 0 Å². The molecule has 0 bridgehead atoms. The molecule has 1 rings (SSSR count). The number of likely N-dealkylation sites (N-methyl/N-ethyl adjacent to an activating group) is 1. The standard InChI is InChI=1S/C16H25N3O3/c1-16(2,3)18-15(21)11-19(4)10-14(20)17-12-8-6-7-9-13(12)22-5/h6-9H,10-11H2,1-5H3,(H,17,20)(H,18,21)/p+1. The first-order valence-corrected chi connectivity index (χ1v) is 7.26. The van der Waals surface area contributed by atoms with E-state index in [4.69, 9.17) is 4.74 Å². The molecule has 22 heavy (non-hydrogen) atoms. The number of anilines is 1. The molecule has 0 aliphatic rings. The number of benzene rings is 1. The molecule has 1 aromatic rings. The Morgan fingerprint density at radius 2 is 1.73 bits per heavy atom. The van der Waals surface area contributed by atoms with Crippen LogP contribution in [0, 0.1) is 0 Å². The zero-order valence-corrected chi connectivity index (χ0v) is 13.9. The second-order valence-electron chi connectivity index (χ2n) is 6.36. The zero-order chi connectivity index (χ0) is 16.8. The molecule has 6 heteroatoms. The van der Waals surface area contributed by atoms with E-state index in [2.05, 4.69) is 10.6 Å². The van der Waals surface area contributed by atoms with Crippen LogP contribution in [-0.4, -0.2) is 44.6 Å². The van der Waals surface area contributed by atoms with Crippen LogP contribution in [0.4, 0.5) is 5.69 Å². The Hall–Kier alpha value is -2.08. The number of nitrogens with one attached hydrogen (secondary N) is 3. The van der Waals surface area contributed by atoms with Crippen molar-refractivity contribution in [2.45, 2.75) is 26.3 Å². The quantitative estimate of drug-likeness (QED) is 0.696. The molecule has 0 aliphatic heterocycles. The lowest BCUT2D eigenvalue weighted by Gasteiger charge is -2.21. The summed E-state index contributed by atoms with van der Waals surface area (Å²) in [5.41, 5.74) is 0.360. The van der Waals surface area contributed by atoms with Gasteiger partial charge in [-0.05, 0) is 32.9 Å². The normalized spacial score (nSPS) is 12.4. The van der Waals surface area contributed by atoms with Gasteiger partial charge in [0, 0.05) is 5.54 Å². The first kappa shape index (κ1) is 18.0. The molecule has 2 amide bonds. The highest BCUT2D eigenvalue weighted by molar-refractivity contribution is 5.93. The fourth-order valence-corrected chi connectivity index (χ4v) is 2.02. The molecule has 0 radical (unpaired) electrons. The molecule has 1 aromatic carbocycles. The summed E-state index contributed by atoms with van der Waals surface area (Å²) in [7, 11) is 3.36. The highest BCUT2D eigenvalue weighted by Gasteiger charge is 2.19. The van der Waals surface area contributed by atoms with Crippen molar-refractivity contribution in [1.29, 1.82) is 0 Å². The molecule has 0 spiro atoms. The van der Waals surface area contributed by atoms with Crippen molar-refractivity contribution < 1.29 is 19.2 Å². The summed E-state index contributed by atoms with van der Waals surface area (Å²) in [6, 6.07) is 7.22. The third-order valence-electron chi connectivity index (χ3n) is 2.82. The maximum Gasteiger partial charge on any atom is 0.279 e. The molecule has 0 saturated carbocycles. The number of quaternary nitrogens is 1. The molecular weight excluding hydrogens is 282 g/mol. The Morgan fingerprint density at radius 1 is 1.14 bits per heavy atom. The van der Waals surface area contributed by atoms with Crippen LogP contribution in [0.2, 0.25) is 0 Å². The van der Waals surface area contributed by atoms with E-state index in [-0.39, 0.29) is 30.4 Å². The van der Waals surface area contributed by atoms with E-state index >= 15 is 0 Å². The molecule has 6 nitrogen and oxygen atoms in total. The molecule has 0 fully saturated rings. The van der Waals surface area contributed by atoms with Gasteiger partial charge in [0.1, 0.15) is 5.75 Å². The second-order valence-corrected chi connectivity index (χ2v) is 6.36. The smallest absolute Gasteiger partial charge is 0.279 e. The van der Waals surface area contributed by atoms with Gasteiger partial charge in [-0.25, -0.2) is 0 Å². The van der Waals surface area contributed by atoms with Gasteiger partial charge in [0.05, 0.1) is 19.8 Å². The Morgan fingerprint density at radius 3 is 2.32 bits per heavy atom. The minimum absolute atomic E-state index is 0.0740. The minimum Gasteiger partial charge on any atom is -0.495 e. The predicted molar refractivity (Wildman–Crippen MR) is 86.1 cm³/mol. The minimum atomic E-state index is -0.267. The zero-order valence-electron chi connectivity index (χ0n) is 13.9. The van der Waals surface area contributed by atoms with Crippen LogP contribution < -0.4 is 20.3 Å². The van der Waals surface area contributed by atoms with E-state index in [9.17, 15) is 9.59 Å². The van der Waals surface area contributed by atoms with E-state index in [1.54, 1.807) is 19.2 Å². The van der Waals surface area contributed by atoms with Gasteiger partial charge in [-0.15, -0.1) is 0 Å². The largest absolute Gasteiger partial charge is 0.495 e. The lowest BCUT2D eigenvalue weighted by Crippen LogP contribution is -3.11. The van der Waals surface area contributed by atoms with Crippen LogP contribution >= 0.6 is 0 Å². The SMILES string of the molecule is COc1ccccc1NC(=O)C[NH+](C)CC(=O)NC(C)(C)C. The first-order valence-electron chi connectivity index (χ1n) is 7.26. The highest BCUT2D eigenvalue weighted by Crippen LogP contribution is 2.22. The molecule has 0 aliphatic carbocycles. The molecule has 0 saturated heterocycles. The molecule has 1 unspecified atom stereocenters. The highest BCUT2D eigenvalue weighted by atomic mass is 16.5. The van der Waals surface area contributed by atoms with Gasteiger partial charge in [-0.2, -0.15) is 0 Å². The fraction of sp³-hybridized carbons (Fsp3) is 0.500. The Bertz CT molecular complexity index is 524. The van der Waals surface area contributed by atoms with Crippen molar-refractivity contribution in [2.75, 3.05) is 32.6 Å². The summed E-state index contributed by atoms with van der Waals surface area (Å²) in [6.45, 7) is 6.23. The summed E-state index contributed by atoms with van der Waals surface area (Å²) in [4.78, 5) is 24.7. The van der Waals surface area contributed by atoms with Crippen molar-refractivity contribution in [2.24, 2.45) is 0 Å². The van der Waals surface area contributed by atoms with Gasteiger partial charge in [-0.1, -0.05) is 12.1 Å². The van der Waals surface area contributed by atoms with Gasteiger partial charge in [-0.3, -0.25) is 9.59 Å². The molecule has 1 atom stereocenters. The summed E-state index contributed by atoms with van der Waals surface area (Å²) in [6.07, 6.45) is 0. The monoisotopic (exact) mass is 308 g/mol. The number of hydrogen-bond acceptors (Lipinski definition) is 3. The van der Waals surface area contributed by atoms with E-state index in [1.165, 1.54) is 0 Å². The first-order chi connectivity index (χ1) is 10.2. The summed E-state index contributed by atoms with van der Waals surface area (Å²) < 4.78 is 5.18. The number of ether oxygens (including phenoxy) is 1. The Balaban J connectivity index is 2.49. The molecule has 0 heterocycles. The summed E-state index contributed by atoms with van der Waals surface area (Å²) in [5, 5.41) is 5.68. The maximum absolute atomic E-state index is 12.0. The van der Waals surface area contributed by atoms with Gasteiger partial charge in [0.25, 0.3) is 11.8 Å². The average molecular weight is 308 g/mol. The fourth-order valence-electron chi connectivity index (χ4n) is 2.02. The molecular formula is C16H26N3O3+. The Labute approximate surface area is 131 Å².